The molecule has 8 heteroatoms. The van der Waals surface area contributed by atoms with E-state index in [1.807, 2.05) is 0 Å². The molecular weight excluding hydrogens is 318 g/mol. The number of nitrogens with zero attached hydrogens (tertiary/aromatic N) is 1. The van der Waals surface area contributed by atoms with E-state index in [2.05, 4.69) is 10.3 Å². The van der Waals surface area contributed by atoms with Gasteiger partial charge in [0.15, 0.2) is 5.58 Å². The largest absolute Gasteiger partial charge is 0.508 e. The number of oxazole rings is 1. The topological polar surface area (TPSA) is 100 Å². The maximum Gasteiger partial charge on any atom is 0.266 e. The van der Waals surface area contributed by atoms with Crippen LogP contribution in [0.3, 0.4) is 0 Å². The highest BCUT2D eigenvalue weighted by molar-refractivity contribution is 7.71. The van der Waals surface area contributed by atoms with Gasteiger partial charge in [-0.1, -0.05) is 0 Å². The zero-order valence-electron chi connectivity index (χ0n) is 12.1. The molecule has 2 heterocycles. The molecule has 1 amide bonds. The number of aromatic hydroxyl groups is 1. The van der Waals surface area contributed by atoms with E-state index in [1.165, 1.54) is 10.6 Å². The zero-order valence-corrected chi connectivity index (χ0v) is 12.9. The number of nitrogens with one attached hydrogen (secondary N) is 2. The first-order valence-corrected chi connectivity index (χ1v) is 7.16. The van der Waals surface area contributed by atoms with Crippen molar-refractivity contribution in [2.24, 2.45) is 0 Å². The van der Waals surface area contributed by atoms with Crippen molar-refractivity contribution >= 4 is 34.9 Å². The van der Waals surface area contributed by atoms with E-state index in [4.69, 9.17) is 16.6 Å². The van der Waals surface area contributed by atoms with Crippen molar-refractivity contribution in [3.05, 3.63) is 51.2 Å². The number of carbonyl (C=O) groups is 1. The second-order valence-electron chi connectivity index (χ2n) is 5.05. The SMILES string of the molecule is Cc1cc(O)cc(=O)n1CC(=O)Nc1ccc2[nH]c(=S)oc2c1. The highest BCUT2D eigenvalue weighted by atomic mass is 32.1. The van der Waals surface area contributed by atoms with Crippen LogP contribution >= 0.6 is 12.2 Å². The van der Waals surface area contributed by atoms with Gasteiger partial charge < -0.3 is 24.4 Å². The highest BCUT2D eigenvalue weighted by Gasteiger charge is 2.09. The molecule has 118 valence electrons. The van der Waals surface area contributed by atoms with Crippen LogP contribution in [0.4, 0.5) is 5.69 Å². The van der Waals surface area contributed by atoms with Crippen LogP contribution in [0.2, 0.25) is 0 Å². The third-order valence-corrected chi connectivity index (χ3v) is 3.51. The van der Waals surface area contributed by atoms with Crippen LogP contribution in [0.25, 0.3) is 11.1 Å². The number of hydrogen-bond donors (Lipinski definition) is 3. The smallest absolute Gasteiger partial charge is 0.266 e. The lowest BCUT2D eigenvalue weighted by Crippen LogP contribution is -2.28. The predicted octanol–water partition coefficient (Wildman–Crippen LogP) is 2.30. The van der Waals surface area contributed by atoms with E-state index >= 15 is 0 Å². The van der Waals surface area contributed by atoms with Crippen LogP contribution in [-0.2, 0) is 11.3 Å². The Hall–Kier alpha value is -2.87. The Morgan fingerprint density at radius 2 is 2.17 bits per heavy atom. The number of rotatable bonds is 3. The Kier molecular flexibility index (Phi) is 3.75. The van der Waals surface area contributed by atoms with Gasteiger partial charge in [-0.25, -0.2) is 0 Å². The predicted molar refractivity (Wildman–Crippen MR) is 87.1 cm³/mol. The van der Waals surface area contributed by atoms with E-state index in [-0.39, 0.29) is 23.0 Å². The summed E-state index contributed by atoms with van der Waals surface area (Å²) in [5.41, 5.74) is 1.86. The Bertz CT molecular complexity index is 1020. The van der Waals surface area contributed by atoms with Gasteiger partial charge in [-0.15, -0.1) is 0 Å². The van der Waals surface area contributed by atoms with Gasteiger partial charge in [-0.05, 0) is 37.3 Å². The molecule has 0 aliphatic rings. The monoisotopic (exact) mass is 331 g/mol. The van der Waals surface area contributed by atoms with E-state index in [0.717, 1.165) is 11.6 Å². The number of carbonyl (C=O) groups excluding carboxylic acids is 1. The number of aromatic amines is 1. The lowest BCUT2D eigenvalue weighted by Gasteiger charge is -2.10. The molecular formula is C15H13N3O4S. The van der Waals surface area contributed by atoms with E-state index in [0.29, 0.717) is 17.0 Å². The number of hydrogen-bond acceptors (Lipinski definition) is 5. The summed E-state index contributed by atoms with van der Waals surface area (Å²) < 4.78 is 6.56. The van der Waals surface area contributed by atoms with Gasteiger partial charge in [0.2, 0.25) is 5.91 Å². The van der Waals surface area contributed by atoms with Crippen molar-refractivity contribution < 1.29 is 14.3 Å². The van der Waals surface area contributed by atoms with Crippen molar-refractivity contribution in [2.75, 3.05) is 5.32 Å². The summed E-state index contributed by atoms with van der Waals surface area (Å²) in [6, 6.07) is 7.57. The molecule has 3 N–H and O–H groups in total. The number of fused-ring (bicyclic) bond motifs is 1. The van der Waals surface area contributed by atoms with Crippen molar-refractivity contribution in [2.45, 2.75) is 13.5 Å². The molecule has 2 aromatic heterocycles. The fourth-order valence-electron chi connectivity index (χ4n) is 2.28. The van der Waals surface area contributed by atoms with Crippen LogP contribution in [-0.4, -0.2) is 20.6 Å². The summed E-state index contributed by atoms with van der Waals surface area (Å²) in [7, 11) is 0. The molecule has 3 rings (SSSR count). The second-order valence-corrected chi connectivity index (χ2v) is 5.42. The minimum Gasteiger partial charge on any atom is -0.508 e. The summed E-state index contributed by atoms with van der Waals surface area (Å²) in [5.74, 6) is -0.488. The molecule has 0 fully saturated rings. The van der Waals surface area contributed by atoms with Crippen molar-refractivity contribution in [1.29, 1.82) is 0 Å². The van der Waals surface area contributed by atoms with Gasteiger partial charge in [0.1, 0.15) is 12.3 Å². The molecule has 0 aliphatic carbocycles. The molecule has 0 radical (unpaired) electrons. The molecule has 23 heavy (non-hydrogen) atoms. The lowest BCUT2D eigenvalue weighted by molar-refractivity contribution is -0.116. The maximum absolute atomic E-state index is 12.1. The van der Waals surface area contributed by atoms with Gasteiger partial charge in [-0.2, -0.15) is 0 Å². The fraction of sp³-hybridized carbons (Fsp3) is 0.133. The molecule has 0 bridgehead atoms. The number of H-pyrrole nitrogens is 1. The summed E-state index contributed by atoms with van der Waals surface area (Å²) in [6.07, 6.45) is 0. The molecule has 0 spiro atoms. The van der Waals surface area contributed by atoms with Crippen molar-refractivity contribution in [3.63, 3.8) is 0 Å². The standard InChI is InChI=1S/C15H13N3O4S/c1-8-4-10(19)6-14(21)18(8)7-13(20)16-9-2-3-11-12(5-9)22-15(23)17-11/h2-6,19H,7H2,1H3,(H,16,20)(H,17,23). The minimum absolute atomic E-state index is 0.122. The summed E-state index contributed by atoms with van der Waals surface area (Å²) in [4.78, 5) is 27.1. The minimum atomic E-state index is -0.440. The zero-order chi connectivity index (χ0) is 16.6. The molecule has 0 atom stereocenters. The quantitative estimate of drug-likeness (QED) is 0.640. The number of aromatic nitrogens is 2. The van der Waals surface area contributed by atoms with E-state index in [1.54, 1.807) is 25.1 Å². The Morgan fingerprint density at radius 3 is 2.91 bits per heavy atom. The first-order chi connectivity index (χ1) is 10.9. The third kappa shape index (κ3) is 3.16. The van der Waals surface area contributed by atoms with E-state index in [9.17, 15) is 14.7 Å². The summed E-state index contributed by atoms with van der Waals surface area (Å²) >= 11 is 4.90. The van der Waals surface area contributed by atoms with Crippen LogP contribution in [0.15, 0.2) is 39.5 Å². The number of benzene rings is 1. The summed E-state index contributed by atoms with van der Waals surface area (Å²) in [6.45, 7) is 1.49. The Morgan fingerprint density at radius 1 is 1.39 bits per heavy atom. The molecule has 1 aromatic carbocycles. The Balaban J connectivity index is 1.81. The molecule has 0 aliphatic heterocycles. The lowest BCUT2D eigenvalue weighted by atomic mass is 10.3. The van der Waals surface area contributed by atoms with Gasteiger partial charge in [0.05, 0.1) is 5.52 Å². The van der Waals surface area contributed by atoms with Crippen LogP contribution < -0.4 is 10.9 Å². The average Bonchev–Trinajstić information content (AvgIpc) is 2.82. The third-order valence-electron chi connectivity index (χ3n) is 3.33. The van der Waals surface area contributed by atoms with Gasteiger partial charge >= 0.3 is 0 Å². The normalized spacial score (nSPS) is 10.8. The highest BCUT2D eigenvalue weighted by Crippen LogP contribution is 2.18. The first-order valence-electron chi connectivity index (χ1n) is 6.75. The molecule has 0 saturated heterocycles. The van der Waals surface area contributed by atoms with Gasteiger partial charge in [-0.3, -0.25) is 9.59 Å². The number of amides is 1. The van der Waals surface area contributed by atoms with Crippen LogP contribution in [0.1, 0.15) is 5.69 Å². The average molecular weight is 331 g/mol. The molecule has 0 unspecified atom stereocenters. The van der Waals surface area contributed by atoms with Crippen LogP contribution in [0.5, 0.6) is 5.75 Å². The van der Waals surface area contributed by atoms with Crippen molar-refractivity contribution in [1.82, 2.24) is 9.55 Å². The maximum atomic E-state index is 12.1. The van der Waals surface area contributed by atoms with Gasteiger partial charge in [0.25, 0.3) is 10.4 Å². The number of pyridine rings is 1. The fourth-order valence-corrected chi connectivity index (χ4v) is 2.48. The van der Waals surface area contributed by atoms with Crippen molar-refractivity contribution in [3.8, 4) is 5.75 Å². The number of anilines is 1. The Labute approximate surface area is 135 Å². The first kappa shape index (κ1) is 15.0. The molecule has 7 nitrogen and oxygen atoms in total. The van der Waals surface area contributed by atoms with E-state index < -0.39 is 5.56 Å². The van der Waals surface area contributed by atoms with Crippen LogP contribution in [0, 0.1) is 11.8 Å². The second kappa shape index (κ2) is 5.73. The molecule has 0 saturated carbocycles. The number of aryl methyl sites for hydroxylation is 1. The molecule has 3 aromatic rings. The van der Waals surface area contributed by atoms with Gasteiger partial charge in [0, 0.05) is 23.5 Å². The summed E-state index contributed by atoms with van der Waals surface area (Å²) in [5, 5.41) is 12.0.